The van der Waals surface area contributed by atoms with Gasteiger partial charge in [0.15, 0.2) is 9.84 Å². The summed E-state index contributed by atoms with van der Waals surface area (Å²) in [4.78, 5) is 15.0. The molecule has 0 unspecified atom stereocenters. The molecule has 0 atom stereocenters. The molecular formula is C22H23N3O3S. The predicted octanol–water partition coefficient (Wildman–Crippen LogP) is 3.46. The molecular weight excluding hydrogens is 386 g/mol. The molecule has 0 bridgehead atoms. The minimum absolute atomic E-state index is 0.0859. The summed E-state index contributed by atoms with van der Waals surface area (Å²) >= 11 is 0. The lowest BCUT2D eigenvalue weighted by Crippen LogP contribution is -2.36. The number of rotatable bonds is 4. The third kappa shape index (κ3) is 3.70. The van der Waals surface area contributed by atoms with Crippen molar-refractivity contribution < 1.29 is 13.2 Å². The summed E-state index contributed by atoms with van der Waals surface area (Å²) < 4.78 is 24.5. The van der Waals surface area contributed by atoms with E-state index in [0.717, 1.165) is 12.0 Å². The highest BCUT2D eigenvalue weighted by molar-refractivity contribution is 7.92. The summed E-state index contributed by atoms with van der Waals surface area (Å²) in [7, 11) is -3.31. The zero-order valence-electron chi connectivity index (χ0n) is 16.4. The first-order valence-corrected chi connectivity index (χ1v) is 11.2. The van der Waals surface area contributed by atoms with Crippen molar-refractivity contribution in [2.75, 3.05) is 6.54 Å². The molecule has 0 fully saturated rings. The van der Waals surface area contributed by atoms with Crippen molar-refractivity contribution in [1.29, 1.82) is 0 Å². The van der Waals surface area contributed by atoms with Gasteiger partial charge in [-0.3, -0.25) is 9.89 Å². The average molecular weight is 410 g/mol. The van der Waals surface area contributed by atoms with Crippen LogP contribution in [0.2, 0.25) is 0 Å². The topological polar surface area (TPSA) is 83.1 Å². The molecule has 2 heterocycles. The first-order chi connectivity index (χ1) is 13.9. The lowest BCUT2D eigenvalue weighted by Gasteiger charge is -2.28. The number of sulfone groups is 1. The van der Waals surface area contributed by atoms with Crippen molar-refractivity contribution in [1.82, 2.24) is 15.1 Å². The van der Waals surface area contributed by atoms with Crippen molar-refractivity contribution in [3.8, 4) is 11.3 Å². The van der Waals surface area contributed by atoms with Gasteiger partial charge in [0.25, 0.3) is 5.91 Å². The van der Waals surface area contributed by atoms with Crippen molar-refractivity contribution in [2.24, 2.45) is 0 Å². The lowest BCUT2D eigenvalue weighted by atomic mass is 10.00. The molecule has 6 nitrogen and oxygen atoms in total. The van der Waals surface area contributed by atoms with Gasteiger partial charge in [0.2, 0.25) is 0 Å². The number of carbonyl (C=O) groups excluding carboxylic acids is 1. The molecule has 0 aliphatic carbocycles. The molecule has 1 aliphatic rings. The Labute approximate surface area is 170 Å². The Kier molecular flexibility index (Phi) is 5.00. The highest BCUT2D eigenvalue weighted by Gasteiger charge is 2.23. The smallest absolute Gasteiger partial charge is 0.272 e. The second kappa shape index (κ2) is 7.48. The number of nitrogens with zero attached hydrogens (tertiary/aromatic N) is 2. The van der Waals surface area contributed by atoms with Crippen LogP contribution in [0, 0.1) is 0 Å². The van der Waals surface area contributed by atoms with E-state index in [2.05, 4.69) is 22.3 Å². The zero-order chi connectivity index (χ0) is 20.6. The first-order valence-electron chi connectivity index (χ1n) is 9.62. The molecule has 0 radical (unpaired) electrons. The maximum absolute atomic E-state index is 12.9. The number of hydrogen-bond donors (Lipinski definition) is 1. The van der Waals surface area contributed by atoms with Crippen LogP contribution in [-0.2, 0) is 22.8 Å². The fourth-order valence-corrected chi connectivity index (χ4v) is 4.57. The quantitative estimate of drug-likeness (QED) is 0.715. The number of aromatic amines is 1. The Bertz CT molecular complexity index is 1150. The van der Waals surface area contributed by atoms with E-state index in [0.29, 0.717) is 24.5 Å². The van der Waals surface area contributed by atoms with Crippen LogP contribution in [0.25, 0.3) is 11.3 Å². The number of fused-ring (bicyclic) bond motifs is 1. The van der Waals surface area contributed by atoms with E-state index in [9.17, 15) is 13.2 Å². The molecule has 29 heavy (non-hydrogen) atoms. The maximum Gasteiger partial charge on any atom is 0.272 e. The molecule has 0 spiro atoms. The van der Waals surface area contributed by atoms with Gasteiger partial charge in [-0.25, -0.2) is 8.42 Å². The largest absolute Gasteiger partial charge is 0.333 e. The van der Waals surface area contributed by atoms with E-state index in [-0.39, 0.29) is 10.8 Å². The number of nitrogens with one attached hydrogen (secondary N) is 1. The monoisotopic (exact) mass is 409 g/mol. The predicted molar refractivity (Wildman–Crippen MR) is 111 cm³/mol. The Balaban J connectivity index is 1.52. The van der Waals surface area contributed by atoms with Gasteiger partial charge >= 0.3 is 0 Å². The van der Waals surface area contributed by atoms with Crippen LogP contribution < -0.4 is 0 Å². The molecule has 1 N–H and O–H groups in total. The highest BCUT2D eigenvalue weighted by Crippen LogP contribution is 2.24. The number of H-pyrrole nitrogens is 1. The van der Waals surface area contributed by atoms with Crippen molar-refractivity contribution in [2.45, 2.75) is 37.0 Å². The van der Waals surface area contributed by atoms with E-state index >= 15 is 0 Å². The third-order valence-corrected chi connectivity index (χ3v) is 7.50. The minimum atomic E-state index is -3.31. The summed E-state index contributed by atoms with van der Waals surface area (Å²) in [6, 6.07) is 16.5. The second-order valence-corrected chi connectivity index (χ2v) is 10.0. The van der Waals surface area contributed by atoms with E-state index in [1.807, 2.05) is 17.0 Å². The Hall–Kier alpha value is -2.93. The number of aromatic nitrogens is 2. The number of carbonyl (C=O) groups is 1. The zero-order valence-corrected chi connectivity index (χ0v) is 17.2. The average Bonchev–Trinajstić information content (AvgIpc) is 3.23. The van der Waals surface area contributed by atoms with Crippen molar-refractivity contribution in [3.05, 3.63) is 71.4 Å². The molecule has 1 amide bonds. The van der Waals surface area contributed by atoms with Gasteiger partial charge in [0.1, 0.15) is 5.69 Å². The van der Waals surface area contributed by atoms with Gasteiger partial charge in [-0.1, -0.05) is 36.4 Å². The number of amides is 1. The van der Waals surface area contributed by atoms with Crippen molar-refractivity contribution in [3.63, 3.8) is 0 Å². The summed E-state index contributed by atoms with van der Waals surface area (Å²) in [5.41, 5.74) is 4.26. The van der Waals surface area contributed by atoms with Crippen LogP contribution in [0.4, 0.5) is 0 Å². The Morgan fingerprint density at radius 2 is 1.76 bits per heavy atom. The van der Waals surface area contributed by atoms with Gasteiger partial charge in [0, 0.05) is 18.7 Å². The molecule has 0 saturated heterocycles. The van der Waals surface area contributed by atoms with Crippen LogP contribution in [0.1, 0.15) is 35.5 Å². The molecule has 1 aliphatic heterocycles. The molecule has 1 aromatic heterocycles. The van der Waals surface area contributed by atoms with Crippen molar-refractivity contribution >= 4 is 15.7 Å². The highest BCUT2D eigenvalue weighted by atomic mass is 32.2. The van der Waals surface area contributed by atoms with Gasteiger partial charge in [-0.15, -0.1) is 0 Å². The van der Waals surface area contributed by atoms with Gasteiger partial charge in [-0.05, 0) is 49.6 Å². The van der Waals surface area contributed by atoms with Crippen LogP contribution in [0.15, 0.2) is 59.5 Å². The summed E-state index contributed by atoms with van der Waals surface area (Å²) in [5.74, 6) is -0.0859. The number of benzene rings is 2. The molecule has 2 aromatic carbocycles. The third-order valence-electron chi connectivity index (χ3n) is 5.33. The van der Waals surface area contributed by atoms with E-state index in [4.69, 9.17) is 0 Å². The Morgan fingerprint density at radius 3 is 2.45 bits per heavy atom. The summed E-state index contributed by atoms with van der Waals surface area (Å²) in [5, 5.41) is 6.61. The van der Waals surface area contributed by atoms with Crippen LogP contribution in [0.5, 0.6) is 0 Å². The van der Waals surface area contributed by atoms with Crippen LogP contribution in [0.3, 0.4) is 0 Å². The van der Waals surface area contributed by atoms with E-state index in [1.54, 1.807) is 44.2 Å². The maximum atomic E-state index is 12.9. The molecule has 0 saturated carbocycles. The summed E-state index contributed by atoms with van der Waals surface area (Å²) in [6.45, 7) is 4.58. The molecule has 3 aromatic rings. The second-order valence-electron chi connectivity index (χ2n) is 7.53. The van der Waals surface area contributed by atoms with E-state index in [1.165, 1.54) is 11.1 Å². The lowest BCUT2D eigenvalue weighted by molar-refractivity contribution is 0.0728. The minimum Gasteiger partial charge on any atom is -0.333 e. The van der Waals surface area contributed by atoms with Crippen LogP contribution in [-0.4, -0.2) is 41.2 Å². The standard InChI is InChI=1S/C22H23N3O3S/c1-15(2)29(27,28)19-9-7-17(8-10-19)20-13-21(24-23-20)22(26)25-12-11-16-5-3-4-6-18(16)14-25/h3-10,13,15H,11-12,14H2,1-2H3,(H,23,24). The van der Waals surface area contributed by atoms with Gasteiger partial charge < -0.3 is 4.90 Å². The van der Waals surface area contributed by atoms with Gasteiger partial charge in [-0.2, -0.15) is 5.10 Å². The fraction of sp³-hybridized carbons (Fsp3) is 0.273. The molecule has 150 valence electrons. The fourth-order valence-electron chi connectivity index (χ4n) is 3.51. The van der Waals surface area contributed by atoms with Gasteiger partial charge in [0.05, 0.1) is 15.8 Å². The Morgan fingerprint density at radius 1 is 1.07 bits per heavy atom. The van der Waals surface area contributed by atoms with Crippen LogP contribution >= 0.6 is 0 Å². The number of hydrogen-bond acceptors (Lipinski definition) is 4. The summed E-state index contributed by atoms with van der Waals surface area (Å²) in [6.07, 6.45) is 0.842. The molecule has 7 heteroatoms. The SMILES string of the molecule is CC(C)S(=O)(=O)c1ccc(-c2cc(C(=O)N3CCc4ccccc4C3)[nH]n2)cc1. The normalized spacial score (nSPS) is 14.1. The molecule has 4 rings (SSSR count). The van der Waals surface area contributed by atoms with E-state index < -0.39 is 15.1 Å². The first kappa shape index (κ1) is 19.4.